The summed E-state index contributed by atoms with van der Waals surface area (Å²) in [5.41, 5.74) is 2.53. The highest BCUT2D eigenvalue weighted by Gasteiger charge is 2.48. The summed E-state index contributed by atoms with van der Waals surface area (Å²) in [7, 11) is 1.59. The number of carbonyl (C=O) groups excluding carboxylic acids is 1. The number of pyridine rings is 2. The van der Waals surface area contributed by atoms with E-state index < -0.39 is 17.4 Å². The molecule has 2 aromatic heterocycles. The number of rotatable bonds is 4. The molecule has 0 aliphatic carbocycles. The smallest absolute Gasteiger partial charge is 0.239 e. The van der Waals surface area contributed by atoms with Gasteiger partial charge in [0.1, 0.15) is 0 Å². The van der Waals surface area contributed by atoms with Crippen LogP contribution in [0.3, 0.4) is 0 Å². The topological polar surface area (TPSA) is 82.0 Å². The van der Waals surface area contributed by atoms with Gasteiger partial charge in [-0.3, -0.25) is 20.1 Å². The second-order valence-electron chi connectivity index (χ2n) is 8.60. The third-order valence-electron chi connectivity index (χ3n) is 6.20. The molecule has 0 bridgehead atoms. The number of aromatic nitrogens is 2. The van der Waals surface area contributed by atoms with Gasteiger partial charge in [0.05, 0.1) is 22.7 Å². The Morgan fingerprint density at radius 3 is 2.50 bits per heavy atom. The molecule has 4 rings (SSSR count). The van der Waals surface area contributed by atoms with Crippen molar-refractivity contribution in [2.75, 3.05) is 7.05 Å². The molecule has 7 heteroatoms. The maximum Gasteiger partial charge on any atom is 0.239 e. The molecule has 2 N–H and O–H groups in total. The zero-order valence-corrected chi connectivity index (χ0v) is 18.6. The second-order valence-corrected chi connectivity index (χ2v) is 8.60. The normalized spacial score (nSPS) is 21.1. The average Bonchev–Trinajstić information content (AvgIpc) is 2.78. The predicted molar refractivity (Wildman–Crippen MR) is 122 cm³/mol. The maximum absolute atomic E-state index is 14.3. The van der Waals surface area contributed by atoms with Gasteiger partial charge in [0.25, 0.3) is 0 Å². The van der Waals surface area contributed by atoms with E-state index in [9.17, 15) is 9.18 Å². The Labute approximate surface area is 187 Å². The molecule has 3 heterocycles. The Balaban J connectivity index is 1.84. The number of hydrogen-bond donors (Lipinski definition) is 2. The zero-order valence-electron chi connectivity index (χ0n) is 18.6. The number of amides is 1. The summed E-state index contributed by atoms with van der Waals surface area (Å²) in [5, 5.41) is 11.6. The Bertz CT molecular complexity index is 1180. The van der Waals surface area contributed by atoms with Crippen LogP contribution in [0.5, 0.6) is 0 Å². The SMILES string of the molecule is CC(C)c1ccc([C@@H]2C(=O)N(C)C(=N)N[C@]2(C)c2ccnc(-c3cccnc3F)c2)cc1. The number of nitrogens with zero attached hydrogens (tertiary/aromatic N) is 3. The van der Waals surface area contributed by atoms with E-state index in [0.717, 1.165) is 11.1 Å². The minimum absolute atomic E-state index is 0.0125. The number of benzene rings is 1. The lowest BCUT2D eigenvalue weighted by atomic mass is 9.73. The van der Waals surface area contributed by atoms with Crippen LogP contribution >= 0.6 is 0 Å². The van der Waals surface area contributed by atoms with Crippen molar-refractivity contribution in [2.24, 2.45) is 0 Å². The van der Waals surface area contributed by atoms with E-state index in [1.54, 1.807) is 37.5 Å². The van der Waals surface area contributed by atoms with Crippen LogP contribution in [0.15, 0.2) is 60.9 Å². The Hall–Kier alpha value is -3.61. The van der Waals surface area contributed by atoms with E-state index in [-0.39, 0.29) is 17.4 Å². The summed E-state index contributed by atoms with van der Waals surface area (Å²) in [6.07, 6.45) is 2.98. The van der Waals surface area contributed by atoms with E-state index in [1.807, 2.05) is 31.2 Å². The van der Waals surface area contributed by atoms with Gasteiger partial charge in [-0.2, -0.15) is 4.39 Å². The molecule has 1 saturated heterocycles. The first-order valence-electron chi connectivity index (χ1n) is 10.5. The van der Waals surface area contributed by atoms with Crippen molar-refractivity contribution in [3.05, 3.63) is 83.6 Å². The highest BCUT2D eigenvalue weighted by molar-refractivity contribution is 6.02. The van der Waals surface area contributed by atoms with Crippen molar-refractivity contribution in [3.63, 3.8) is 0 Å². The molecule has 1 aliphatic rings. The van der Waals surface area contributed by atoms with Gasteiger partial charge in [-0.1, -0.05) is 38.1 Å². The molecule has 0 unspecified atom stereocenters. The molecule has 2 atom stereocenters. The van der Waals surface area contributed by atoms with Crippen molar-refractivity contribution >= 4 is 11.9 Å². The summed E-state index contributed by atoms with van der Waals surface area (Å²) in [5.74, 6) is -0.985. The van der Waals surface area contributed by atoms with Gasteiger partial charge in [-0.15, -0.1) is 0 Å². The zero-order chi connectivity index (χ0) is 23.0. The first-order chi connectivity index (χ1) is 15.2. The van der Waals surface area contributed by atoms with Crippen LogP contribution in [0.4, 0.5) is 4.39 Å². The molecule has 3 aromatic rings. The van der Waals surface area contributed by atoms with Gasteiger partial charge in [0.2, 0.25) is 11.9 Å². The monoisotopic (exact) mass is 431 g/mol. The fourth-order valence-corrected chi connectivity index (χ4v) is 4.22. The standard InChI is InChI=1S/C25H26FN5O/c1-15(2)16-7-9-17(10-8-16)21-23(32)31(4)24(27)30-25(21,3)18-11-13-28-20(14-18)19-6-5-12-29-22(19)26/h5-15,21H,1-4H3,(H2,27,30)/t21-,25-/m1/s1. The van der Waals surface area contributed by atoms with E-state index in [0.29, 0.717) is 11.6 Å². The van der Waals surface area contributed by atoms with Crippen LogP contribution in [0.2, 0.25) is 0 Å². The van der Waals surface area contributed by atoms with Gasteiger partial charge in [0.15, 0.2) is 5.96 Å². The van der Waals surface area contributed by atoms with E-state index in [1.165, 1.54) is 16.7 Å². The summed E-state index contributed by atoms with van der Waals surface area (Å²) in [4.78, 5) is 22.8. The minimum atomic E-state index is -0.934. The number of hydrogen-bond acceptors (Lipinski definition) is 4. The Kier molecular flexibility index (Phi) is 5.50. The van der Waals surface area contributed by atoms with Crippen molar-refractivity contribution < 1.29 is 9.18 Å². The van der Waals surface area contributed by atoms with Crippen molar-refractivity contribution in [1.29, 1.82) is 5.41 Å². The van der Waals surface area contributed by atoms with Crippen molar-refractivity contribution in [1.82, 2.24) is 20.2 Å². The molecule has 0 spiro atoms. The van der Waals surface area contributed by atoms with Crippen LogP contribution in [0.1, 0.15) is 49.3 Å². The quantitative estimate of drug-likeness (QED) is 0.600. The van der Waals surface area contributed by atoms with Crippen LogP contribution in [0, 0.1) is 11.4 Å². The molecule has 0 radical (unpaired) electrons. The first-order valence-corrected chi connectivity index (χ1v) is 10.5. The number of halogens is 1. The summed E-state index contributed by atoms with van der Waals surface area (Å²) < 4.78 is 14.3. The highest BCUT2D eigenvalue weighted by Crippen LogP contribution is 2.41. The molecule has 0 saturated carbocycles. The molecule has 32 heavy (non-hydrogen) atoms. The van der Waals surface area contributed by atoms with Gasteiger partial charge < -0.3 is 5.32 Å². The lowest BCUT2D eigenvalue weighted by Crippen LogP contribution is -2.62. The predicted octanol–water partition coefficient (Wildman–Crippen LogP) is 4.40. The lowest BCUT2D eigenvalue weighted by molar-refractivity contribution is -0.131. The third kappa shape index (κ3) is 3.64. The molecular formula is C25H26FN5O. The van der Waals surface area contributed by atoms with Gasteiger partial charge in [-0.05, 0) is 53.8 Å². The molecule has 1 amide bonds. The molecule has 1 aliphatic heterocycles. The molecule has 1 fully saturated rings. The highest BCUT2D eigenvalue weighted by atomic mass is 19.1. The summed E-state index contributed by atoms with van der Waals surface area (Å²) in [6, 6.07) is 14.9. The van der Waals surface area contributed by atoms with Crippen LogP contribution in [0.25, 0.3) is 11.3 Å². The first kappa shape index (κ1) is 21.6. The fraction of sp³-hybridized carbons (Fsp3) is 0.280. The number of likely N-dealkylation sites (N-methyl/N-ethyl adjacent to an activating group) is 1. The average molecular weight is 432 g/mol. The lowest BCUT2D eigenvalue weighted by Gasteiger charge is -2.46. The van der Waals surface area contributed by atoms with Crippen LogP contribution < -0.4 is 5.32 Å². The number of nitrogens with one attached hydrogen (secondary N) is 2. The van der Waals surface area contributed by atoms with Crippen LogP contribution in [-0.2, 0) is 10.3 Å². The minimum Gasteiger partial charge on any atom is -0.346 e. The van der Waals surface area contributed by atoms with Crippen molar-refractivity contribution in [2.45, 2.75) is 38.1 Å². The molecule has 1 aromatic carbocycles. The van der Waals surface area contributed by atoms with Gasteiger partial charge >= 0.3 is 0 Å². The van der Waals surface area contributed by atoms with Crippen molar-refractivity contribution in [3.8, 4) is 11.3 Å². The Morgan fingerprint density at radius 1 is 1.12 bits per heavy atom. The van der Waals surface area contributed by atoms with Gasteiger partial charge in [-0.25, -0.2) is 4.98 Å². The largest absolute Gasteiger partial charge is 0.346 e. The molecule has 164 valence electrons. The number of carbonyl (C=O) groups is 1. The van der Waals surface area contributed by atoms with Gasteiger partial charge in [0, 0.05) is 19.4 Å². The third-order valence-corrected chi connectivity index (χ3v) is 6.20. The Morgan fingerprint density at radius 2 is 1.84 bits per heavy atom. The van der Waals surface area contributed by atoms with E-state index in [4.69, 9.17) is 5.41 Å². The van der Waals surface area contributed by atoms with E-state index >= 15 is 0 Å². The fourth-order valence-electron chi connectivity index (χ4n) is 4.22. The number of guanidine groups is 1. The van der Waals surface area contributed by atoms with Crippen LogP contribution in [-0.4, -0.2) is 33.8 Å². The molecule has 6 nitrogen and oxygen atoms in total. The van der Waals surface area contributed by atoms with E-state index in [2.05, 4.69) is 29.1 Å². The summed E-state index contributed by atoms with van der Waals surface area (Å²) in [6.45, 7) is 6.14. The second kappa shape index (κ2) is 8.15. The maximum atomic E-state index is 14.3. The summed E-state index contributed by atoms with van der Waals surface area (Å²) >= 11 is 0. The molecular weight excluding hydrogens is 405 g/mol.